The maximum Gasteiger partial charge on any atom is 0.337 e. The Bertz CT molecular complexity index is 1020. The Morgan fingerprint density at radius 2 is 1.86 bits per heavy atom. The molecule has 0 amide bonds. The van der Waals surface area contributed by atoms with Gasteiger partial charge in [0.25, 0.3) is 5.69 Å². The highest BCUT2D eigenvalue weighted by Crippen LogP contribution is 2.27. The summed E-state index contributed by atoms with van der Waals surface area (Å²) in [4.78, 5) is 26.9. The Morgan fingerprint density at radius 1 is 1.18 bits per heavy atom. The lowest BCUT2D eigenvalue weighted by atomic mass is 10.0. The summed E-state index contributed by atoms with van der Waals surface area (Å²) in [5.41, 5.74) is 4.95. The van der Waals surface area contributed by atoms with Gasteiger partial charge in [-0.3, -0.25) is 10.1 Å². The molecule has 0 N–H and O–H groups in total. The van der Waals surface area contributed by atoms with Crippen molar-refractivity contribution in [3.63, 3.8) is 0 Å². The Hall–Kier alpha value is -2.77. The van der Waals surface area contributed by atoms with Gasteiger partial charge in [0.1, 0.15) is 0 Å². The van der Waals surface area contributed by atoms with Gasteiger partial charge >= 0.3 is 5.97 Å². The van der Waals surface area contributed by atoms with E-state index in [9.17, 15) is 14.9 Å². The molecule has 0 atom stereocenters. The van der Waals surface area contributed by atoms with Gasteiger partial charge < -0.3 is 4.74 Å². The Morgan fingerprint density at radius 3 is 2.46 bits per heavy atom. The van der Waals surface area contributed by atoms with Crippen molar-refractivity contribution in [2.45, 2.75) is 20.3 Å². The number of hydrogen-bond donors (Lipinski definition) is 0. The topological polar surface area (TPSA) is 82.3 Å². The lowest BCUT2D eigenvalue weighted by Gasteiger charge is -2.06. The van der Waals surface area contributed by atoms with Crippen LogP contribution in [0, 0.1) is 24.0 Å². The molecule has 6 nitrogen and oxygen atoms in total. The molecule has 0 fully saturated rings. The molecule has 0 bridgehead atoms. The molecule has 0 aliphatic rings. The van der Waals surface area contributed by atoms with Crippen molar-refractivity contribution in [1.82, 2.24) is 4.98 Å². The predicted octanol–water partition coefficient (Wildman–Crippen LogP) is 5.13. The van der Waals surface area contributed by atoms with Crippen molar-refractivity contribution in [3.05, 3.63) is 79.2 Å². The fourth-order valence-electron chi connectivity index (χ4n) is 2.83. The van der Waals surface area contributed by atoms with Gasteiger partial charge in [-0.05, 0) is 43.2 Å². The van der Waals surface area contributed by atoms with Crippen LogP contribution < -0.4 is 0 Å². The third-order valence-corrected chi connectivity index (χ3v) is 5.20. The minimum Gasteiger partial charge on any atom is -0.465 e. The third-order valence-electron chi connectivity index (χ3n) is 4.35. The van der Waals surface area contributed by atoms with Crippen LogP contribution in [0.1, 0.15) is 32.1 Å². The second-order valence-corrected chi connectivity index (χ2v) is 7.14. The molecule has 0 unspecified atom stereocenters. The van der Waals surface area contributed by atoms with Gasteiger partial charge in [-0.1, -0.05) is 12.1 Å². The number of nitro groups is 1. The van der Waals surface area contributed by atoms with E-state index in [1.807, 2.05) is 30.5 Å². The number of methoxy groups -OCH3 is 1. The first-order valence-electron chi connectivity index (χ1n) is 8.26. The fourth-order valence-corrected chi connectivity index (χ4v) is 3.66. The van der Waals surface area contributed by atoms with Crippen LogP contribution in [0.4, 0.5) is 5.69 Å². The SMILES string of the molecule is COC(=O)c1ccc(-c2csc(Cc3cc(C)c([N+](=O)[O-])cc3C)n2)cc1.Cl. The quantitative estimate of drug-likeness (QED) is 0.325. The van der Waals surface area contributed by atoms with E-state index in [0.29, 0.717) is 17.5 Å². The molecule has 2 aromatic carbocycles. The van der Waals surface area contributed by atoms with Gasteiger partial charge in [-0.15, -0.1) is 23.7 Å². The van der Waals surface area contributed by atoms with Crippen LogP contribution in [0.15, 0.2) is 41.8 Å². The third kappa shape index (κ3) is 4.55. The standard InChI is InChI=1S/C20H18N2O4S.ClH/c1-12-9-18(22(24)25)13(2)8-16(12)10-19-21-17(11-27-19)14-4-6-15(7-5-14)20(23)26-3;/h4-9,11H,10H2,1-3H3;1H. The van der Waals surface area contributed by atoms with Crippen molar-refractivity contribution in [1.29, 1.82) is 0 Å². The number of thiazole rings is 1. The van der Waals surface area contributed by atoms with Gasteiger partial charge in [0, 0.05) is 29.0 Å². The summed E-state index contributed by atoms with van der Waals surface area (Å²) in [5.74, 6) is -0.371. The van der Waals surface area contributed by atoms with E-state index in [1.165, 1.54) is 7.11 Å². The van der Waals surface area contributed by atoms with Crippen molar-refractivity contribution < 1.29 is 14.5 Å². The maximum atomic E-state index is 11.5. The number of aryl methyl sites for hydroxylation is 2. The van der Waals surface area contributed by atoms with Crippen LogP contribution >= 0.6 is 23.7 Å². The summed E-state index contributed by atoms with van der Waals surface area (Å²) >= 11 is 1.54. The molecule has 28 heavy (non-hydrogen) atoms. The van der Waals surface area contributed by atoms with Crippen molar-refractivity contribution in [2.75, 3.05) is 7.11 Å². The highest BCUT2D eigenvalue weighted by molar-refractivity contribution is 7.10. The summed E-state index contributed by atoms with van der Waals surface area (Å²) in [6.45, 7) is 3.62. The lowest BCUT2D eigenvalue weighted by molar-refractivity contribution is -0.385. The van der Waals surface area contributed by atoms with Crippen LogP contribution in [-0.4, -0.2) is 23.0 Å². The second-order valence-electron chi connectivity index (χ2n) is 6.19. The number of carbonyl (C=O) groups excluding carboxylic acids is 1. The minimum absolute atomic E-state index is 0. The molecule has 0 radical (unpaired) electrons. The molecular weight excluding hydrogens is 400 g/mol. The van der Waals surface area contributed by atoms with Gasteiger partial charge in [0.2, 0.25) is 0 Å². The van der Waals surface area contributed by atoms with Crippen molar-refractivity contribution in [3.8, 4) is 11.3 Å². The molecule has 0 aliphatic heterocycles. The average Bonchev–Trinajstić information content (AvgIpc) is 3.12. The summed E-state index contributed by atoms with van der Waals surface area (Å²) in [6.07, 6.45) is 0.621. The molecule has 1 aromatic heterocycles. The molecule has 0 aliphatic carbocycles. The van der Waals surface area contributed by atoms with E-state index in [-0.39, 0.29) is 29.0 Å². The van der Waals surface area contributed by atoms with Crippen LogP contribution in [0.5, 0.6) is 0 Å². The van der Waals surface area contributed by atoms with E-state index in [1.54, 1.807) is 36.5 Å². The Kier molecular flexibility index (Phi) is 6.88. The number of rotatable bonds is 5. The normalized spacial score (nSPS) is 10.2. The molecular formula is C20H19ClN2O4S. The number of halogens is 1. The van der Waals surface area contributed by atoms with Crippen LogP contribution in [0.25, 0.3) is 11.3 Å². The first-order valence-corrected chi connectivity index (χ1v) is 9.14. The van der Waals surface area contributed by atoms with Gasteiger partial charge in [-0.2, -0.15) is 0 Å². The van der Waals surface area contributed by atoms with Crippen molar-refractivity contribution in [2.24, 2.45) is 0 Å². The zero-order valence-corrected chi connectivity index (χ0v) is 17.2. The van der Waals surface area contributed by atoms with Crippen LogP contribution in [0.2, 0.25) is 0 Å². The van der Waals surface area contributed by atoms with Crippen molar-refractivity contribution >= 4 is 35.4 Å². The van der Waals surface area contributed by atoms with E-state index in [2.05, 4.69) is 4.98 Å². The van der Waals surface area contributed by atoms with Crippen LogP contribution in [-0.2, 0) is 11.2 Å². The van der Waals surface area contributed by atoms with E-state index >= 15 is 0 Å². The number of aromatic nitrogens is 1. The predicted molar refractivity (Wildman–Crippen MR) is 112 cm³/mol. The number of carbonyl (C=O) groups is 1. The fraction of sp³-hybridized carbons (Fsp3) is 0.200. The van der Waals surface area contributed by atoms with E-state index in [0.717, 1.165) is 27.4 Å². The summed E-state index contributed by atoms with van der Waals surface area (Å²) < 4.78 is 4.70. The number of benzene rings is 2. The molecule has 146 valence electrons. The van der Waals surface area contributed by atoms with E-state index < -0.39 is 0 Å². The second kappa shape index (κ2) is 8.95. The minimum atomic E-state index is -0.371. The number of esters is 1. The molecule has 0 saturated heterocycles. The largest absolute Gasteiger partial charge is 0.465 e. The number of nitro benzene ring substituents is 1. The van der Waals surface area contributed by atoms with E-state index in [4.69, 9.17) is 4.74 Å². The molecule has 1 heterocycles. The van der Waals surface area contributed by atoms with Gasteiger partial charge in [0.15, 0.2) is 0 Å². The maximum absolute atomic E-state index is 11.5. The number of hydrogen-bond acceptors (Lipinski definition) is 6. The first-order chi connectivity index (χ1) is 12.9. The molecule has 0 spiro atoms. The molecule has 3 aromatic rings. The highest BCUT2D eigenvalue weighted by Gasteiger charge is 2.15. The van der Waals surface area contributed by atoms with Gasteiger partial charge in [-0.25, -0.2) is 9.78 Å². The number of ether oxygens (including phenoxy) is 1. The zero-order chi connectivity index (χ0) is 19.6. The summed E-state index contributed by atoms with van der Waals surface area (Å²) in [5, 5.41) is 14.0. The smallest absolute Gasteiger partial charge is 0.337 e. The molecule has 3 rings (SSSR count). The summed E-state index contributed by atoms with van der Waals surface area (Å²) in [7, 11) is 1.35. The Labute approximate surface area is 172 Å². The monoisotopic (exact) mass is 418 g/mol. The van der Waals surface area contributed by atoms with Crippen LogP contribution in [0.3, 0.4) is 0 Å². The summed E-state index contributed by atoms with van der Waals surface area (Å²) in [6, 6.07) is 10.6. The highest BCUT2D eigenvalue weighted by atomic mass is 35.5. The number of nitrogens with zero attached hydrogens (tertiary/aromatic N) is 2. The average molecular weight is 419 g/mol. The molecule has 8 heteroatoms. The van der Waals surface area contributed by atoms with Gasteiger partial charge in [0.05, 0.1) is 28.3 Å². The zero-order valence-electron chi connectivity index (χ0n) is 15.6. The first kappa shape index (κ1) is 21.5. The lowest BCUT2D eigenvalue weighted by Crippen LogP contribution is -2.00. The Balaban J connectivity index is 0.00000280. The molecule has 0 saturated carbocycles.